The van der Waals surface area contributed by atoms with Gasteiger partial charge in [0.2, 0.25) is 0 Å². The molecule has 0 spiro atoms. The molecule has 3 aromatic rings. The number of carbonyl (C=O) groups excluding carboxylic acids is 1. The molecule has 0 unspecified atom stereocenters. The van der Waals surface area contributed by atoms with Crippen LogP contribution in [0.3, 0.4) is 0 Å². The number of carbonyl (C=O) groups is 1. The van der Waals surface area contributed by atoms with E-state index >= 15 is 0 Å². The van der Waals surface area contributed by atoms with E-state index in [1.807, 2.05) is 32.0 Å². The fraction of sp³-hybridized carbons (Fsp3) is 0.318. The Balaban J connectivity index is 1.84. The van der Waals surface area contributed by atoms with Crippen molar-refractivity contribution in [3.8, 4) is 11.5 Å². The Labute approximate surface area is 169 Å². The van der Waals surface area contributed by atoms with Gasteiger partial charge in [0, 0.05) is 11.9 Å². The van der Waals surface area contributed by atoms with Crippen molar-refractivity contribution < 1.29 is 14.3 Å². The van der Waals surface area contributed by atoms with Crippen LogP contribution in [0, 0.1) is 0 Å². The van der Waals surface area contributed by atoms with Gasteiger partial charge in [0.15, 0.2) is 5.69 Å². The molecule has 0 radical (unpaired) electrons. The predicted molar refractivity (Wildman–Crippen MR) is 112 cm³/mol. The highest BCUT2D eigenvalue weighted by Gasteiger charge is 2.17. The summed E-state index contributed by atoms with van der Waals surface area (Å²) in [7, 11) is 3.21. The van der Waals surface area contributed by atoms with E-state index in [0.29, 0.717) is 23.7 Å². The molecule has 1 amide bonds. The summed E-state index contributed by atoms with van der Waals surface area (Å²) in [6, 6.07) is 12.4. The van der Waals surface area contributed by atoms with Crippen LogP contribution < -0.4 is 20.3 Å². The van der Waals surface area contributed by atoms with Gasteiger partial charge < -0.3 is 14.8 Å². The standard InChI is InChI=1S/C22H25N3O4/c1-14(2)25-22(27)18-8-6-5-7-17(18)20(24-25)21(26)23-12-11-15-13-16(28-3)9-10-19(15)29-4/h5-10,13-14H,11-12H2,1-4H3,(H,23,26). The molecule has 29 heavy (non-hydrogen) atoms. The molecule has 2 aromatic carbocycles. The summed E-state index contributed by atoms with van der Waals surface area (Å²) in [5.74, 6) is 1.14. The quantitative estimate of drug-likeness (QED) is 0.665. The van der Waals surface area contributed by atoms with Crippen molar-refractivity contribution in [1.29, 1.82) is 0 Å². The number of hydrogen-bond donors (Lipinski definition) is 1. The van der Waals surface area contributed by atoms with E-state index in [4.69, 9.17) is 9.47 Å². The molecule has 0 bridgehead atoms. The molecule has 0 saturated heterocycles. The molecule has 7 nitrogen and oxygen atoms in total. The van der Waals surface area contributed by atoms with Crippen molar-refractivity contribution >= 4 is 16.7 Å². The normalized spacial score (nSPS) is 10.9. The lowest BCUT2D eigenvalue weighted by atomic mass is 10.1. The van der Waals surface area contributed by atoms with E-state index in [2.05, 4.69) is 10.4 Å². The number of methoxy groups -OCH3 is 2. The first-order valence-corrected chi connectivity index (χ1v) is 9.47. The number of aromatic nitrogens is 2. The van der Waals surface area contributed by atoms with Crippen molar-refractivity contribution in [2.24, 2.45) is 0 Å². The van der Waals surface area contributed by atoms with Gasteiger partial charge in [-0.25, -0.2) is 4.68 Å². The van der Waals surface area contributed by atoms with Crippen LogP contribution in [0.2, 0.25) is 0 Å². The summed E-state index contributed by atoms with van der Waals surface area (Å²) in [5, 5.41) is 8.26. The summed E-state index contributed by atoms with van der Waals surface area (Å²) in [5.41, 5.74) is 0.969. The van der Waals surface area contributed by atoms with Crippen LogP contribution in [0.1, 0.15) is 35.9 Å². The number of amides is 1. The maximum Gasteiger partial charge on any atom is 0.274 e. The Kier molecular flexibility index (Phi) is 6.16. The second-order valence-corrected chi connectivity index (χ2v) is 6.92. The molecule has 1 heterocycles. The third-order valence-corrected chi connectivity index (χ3v) is 4.70. The first-order chi connectivity index (χ1) is 14.0. The van der Waals surface area contributed by atoms with E-state index in [1.165, 1.54) is 4.68 Å². The molecule has 152 valence electrons. The molecule has 0 aliphatic rings. The molecule has 0 aliphatic carbocycles. The van der Waals surface area contributed by atoms with E-state index in [9.17, 15) is 9.59 Å². The minimum Gasteiger partial charge on any atom is -0.497 e. The Bertz CT molecular complexity index is 1090. The Hall–Kier alpha value is -3.35. The second kappa shape index (κ2) is 8.77. The first-order valence-electron chi connectivity index (χ1n) is 9.47. The van der Waals surface area contributed by atoms with E-state index < -0.39 is 0 Å². The molecule has 3 rings (SSSR count). The zero-order valence-electron chi connectivity index (χ0n) is 17.1. The topological polar surface area (TPSA) is 82.4 Å². The van der Waals surface area contributed by atoms with Crippen LogP contribution in [0.25, 0.3) is 10.8 Å². The molecule has 0 aliphatic heterocycles. The van der Waals surface area contributed by atoms with Gasteiger partial charge in [0.1, 0.15) is 11.5 Å². The predicted octanol–water partition coefficient (Wildman–Crippen LogP) is 2.97. The Morgan fingerprint density at radius 1 is 1.10 bits per heavy atom. The lowest BCUT2D eigenvalue weighted by Crippen LogP contribution is -2.32. The zero-order chi connectivity index (χ0) is 21.0. The summed E-state index contributed by atoms with van der Waals surface area (Å²) in [4.78, 5) is 25.5. The highest BCUT2D eigenvalue weighted by molar-refractivity contribution is 6.04. The minimum absolute atomic E-state index is 0.153. The summed E-state index contributed by atoms with van der Waals surface area (Å²) < 4.78 is 12.0. The van der Waals surface area contributed by atoms with Gasteiger partial charge in [-0.1, -0.05) is 18.2 Å². The number of ether oxygens (including phenoxy) is 2. The molecule has 0 fully saturated rings. The van der Waals surface area contributed by atoms with Crippen molar-refractivity contribution in [2.45, 2.75) is 26.3 Å². The highest BCUT2D eigenvalue weighted by atomic mass is 16.5. The van der Waals surface area contributed by atoms with Gasteiger partial charge in [-0.15, -0.1) is 0 Å². The largest absolute Gasteiger partial charge is 0.497 e. The van der Waals surface area contributed by atoms with Gasteiger partial charge in [-0.05, 0) is 50.1 Å². The number of benzene rings is 2. The molecular weight excluding hydrogens is 370 g/mol. The Morgan fingerprint density at radius 3 is 2.48 bits per heavy atom. The maximum atomic E-state index is 12.9. The molecule has 1 aromatic heterocycles. The van der Waals surface area contributed by atoms with Crippen molar-refractivity contribution in [1.82, 2.24) is 15.1 Å². The minimum atomic E-state index is -0.322. The molecule has 7 heteroatoms. The summed E-state index contributed by atoms with van der Waals surface area (Å²) in [6.45, 7) is 4.11. The lowest BCUT2D eigenvalue weighted by molar-refractivity contribution is 0.0948. The Morgan fingerprint density at radius 2 is 1.83 bits per heavy atom. The second-order valence-electron chi connectivity index (χ2n) is 6.92. The average molecular weight is 395 g/mol. The van der Waals surface area contributed by atoms with Crippen LogP contribution in [0.15, 0.2) is 47.3 Å². The van der Waals surface area contributed by atoms with Crippen molar-refractivity contribution in [3.63, 3.8) is 0 Å². The van der Waals surface area contributed by atoms with Gasteiger partial charge in [0.25, 0.3) is 11.5 Å². The van der Waals surface area contributed by atoms with Gasteiger partial charge in [0.05, 0.1) is 25.6 Å². The molecule has 1 N–H and O–H groups in total. The van der Waals surface area contributed by atoms with E-state index in [-0.39, 0.29) is 23.2 Å². The van der Waals surface area contributed by atoms with Crippen LogP contribution in [0.4, 0.5) is 0 Å². The number of nitrogens with one attached hydrogen (secondary N) is 1. The number of rotatable bonds is 7. The maximum absolute atomic E-state index is 12.9. The average Bonchev–Trinajstić information content (AvgIpc) is 2.73. The summed E-state index contributed by atoms with van der Waals surface area (Å²) in [6.07, 6.45) is 0.563. The van der Waals surface area contributed by atoms with E-state index in [0.717, 1.165) is 17.1 Å². The van der Waals surface area contributed by atoms with Gasteiger partial charge >= 0.3 is 0 Å². The van der Waals surface area contributed by atoms with Gasteiger partial charge in [-0.3, -0.25) is 9.59 Å². The number of fused-ring (bicyclic) bond motifs is 1. The molecular formula is C22H25N3O4. The van der Waals surface area contributed by atoms with E-state index in [1.54, 1.807) is 38.5 Å². The van der Waals surface area contributed by atoms with Gasteiger partial charge in [-0.2, -0.15) is 5.10 Å². The molecule has 0 atom stereocenters. The lowest BCUT2D eigenvalue weighted by Gasteiger charge is -2.14. The highest BCUT2D eigenvalue weighted by Crippen LogP contribution is 2.24. The van der Waals surface area contributed by atoms with Crippen LogP contribution in [-0.2, 0) is 6.42 Å². The van der Waals surface area contributed by atoms with Crippen molar-refractivity contribution in [2.75, 3.05) is 20.8 Å². The number of nitrogens with zero attached hydrogens (tertiary/aromatic N) is 2. The van der Waals surface area contributed by atoms with Crippen molar-refractivity contribution in [3.05, 3.63) is 64.1 Å². The monoisotopic (exact) mass is 395 g/mol. The van der Waals surface area contributed by atoms with Crippen LogP contribution in [0.5, 0.6) is 11.5 Å². The third-order valence-electron chi connectivity index (χ3n) is 4.70. The molecule has 0 saturated carbocycles. The van der Waals surface area contributed by atoms with Crippen LogP contribution >= 0.6 is 0 Å². The fourth-order valence-corrected chi connectivity index (χ4v) is 3.20. The SMILES string of the molecule is COc1ccc(OC)c(CCNC(=O)c2nn(C(C)C)c(=O)c3ccccc23)c1. The smallest absolute Gasteiger partial charge is 0.274 e. The van der Waals surface area contributed by atoms with Crippen LogP contribution in [-0.4, -0.2) is 36.5 Å². The number of hydrogen-bond acceptors (Lipinski definition) is 5. The first kappa shape index (κ1) is 20.4. The summed E-state index contributed by atoms with van der Waals surface area (Å²) >= 11 is 0. The third kappa shape index (κ3) is 4.23. The zero-order valence-corrected chi connectivity index (χ0v) is 17.1. The fourth-order valence-electron chi connectivity index (χ4n) is 3.20.